The Kier molecular flexibility index (Phi) is 7.27. The number of hydrogen-bond acceptors (Lipinski definition) is 5. The molecule has 7 heteroatoms. The molecule has 0 spiro atoms. The molecule has 0 aromatic carbocycles. The molecule has 1 saturated heterocycles. The van der Waals surface area contributed by atoms with Crippen LogP contribution in [0.3, 0.4) is 0 Å². The van der Waals surface area contributed by atoms with Gasteiger partial charge in [-0.05, 0) is 24.8 Å². The molecular formula is C17H27N3O4. The second kappa shape index (κ2) is 9.44. The van der Waals surface area contributed by atoms with Crippen molar-refractivity contribution >= 4 is 6.03 Å². The van der Waals surface area contributed by atoms with Gasteiger partial charge < -0.3 is 14.5 Å². The van der Waals surface area contributed by atoms with Crippen molar-refractivity contribution in [1.29, 1.82) is 0 Å². The number of unbranched alkanes of at least 4 members (excludes halogenated alkanes) is 1. The average Bonchev–Trinajstić information content (AvgIpc) is 2.97. The molecular weight excluding hydrogens is 310 g/mol. The van der Waals surface area contributed by atoms with Crippen LogP contribution >= 0.6 is 0 Å². The van der Waals surface area contributed by atoms with Crippen molar-refractivity contribution in [3.63, 3.8) is 0 Å². The van der Waals surface area contributed by atoms with E-state index in [1.807, 2.05) is 21.9 Å². The maximum atomic E-state index is 12.7. The molecule has 0 bridgehead atoms. The number of amides is 2. The van der Waals surface area contributed by atoms with E-state index in [1.165, 1.54) is 7.11 Å². The highest BCUT2D eigenvalue weighted by atomic mass is 17.2. The van der Waals surface area contributed by atoms with Crippen LogP contribution in [0, 0.1) is 0 Å². The first kappa shape index (κ1) is 18.5. The number of rotatable bonds is 10. The summed E-state index contributed by atoms with van der Waals surface area (Å²) in [6.07, 6.45) is 4.43. The highest BCUT2D eigenvalue weighted by Gasteiger charge is 2.33. The third-order valence-electron chi connectivity index (χ3n) is 4.27. The van der Waals surface area contributed by atoms with E-state index in [1.54, 1.807) is 13.3 Å². The third-order valence-corrected chi connectivity index (χ3v) is 4.27. The van der Waals surface area contributed by atoms with E-state index >= 15 is 0 Å². The number of pyridine rings is 1. The Morgan fingerprint density at radius 2 is 2.08 bits per heavy atom. The summed E-state index contributed by atoms with van der Waals surface area (Å²) in [4.78, 5) is 30.2. The van der Waals surface area contributed by atoms with E-state index in [4.69, 9.17) is 9.62 Å². The van der Waals surface area contributed by atoms with Crippen LogP contribution in [0.25, 0.3) is 0 Å². The van der Waals surface area contributed by atoms with E-state index in [-0.39, 0.29) is 12.1 Å². The van der Waals surface area contributed by atoms with Gasteiger partial charge in [0.15, 0.2) is 0 Å². The van der Waals surface area contributed by atoms with Crippen molar-refractivity contribution in [3.05, 3.63) is 23.9 Å². The molecule has 134 valence electrons. The van der Waals surface area contributed by atoms with Gasteiger partial charge in [-0.2, -0.15) is 0 Å². The number of carbonyl (C=O) groups excluding carboxylic acids is 1. The van der Waals surface area contributed by atoms with Crippen molar-refractivity contribution in [2.75, 3.05) is 40.5 Å². The molecule has 0 aliphatic carbocycles. The minimum absolute atomic E-state index is 0.0535. The van der Waals surface area contributed by atoms with Gasteiger partial charge in [-0.1, -0.05) is 13.0 Å². The average molecular weight is 337 g/mol. The van der Waals surface area contributed by atoms with Crippen LogP contribution in [-0.2, 0) is 9.78 Å². The summed E-state index contributed by atoms with van der Waals surface area (Å²) in [5.74, 6) is 0.584. The number of nitrogens with zero attached hydrogens (tertiary/aromatic N) is 3. The largest absolute Gasteiger partial charge is 0.481 e. The van der Waals surface area contributed by atoms with Crippen molar-refractivity contribution < 1.29 is 19.3 Å². The third kappa shape index (κ3) is 4.58. The number of hydrogen-bond donors (Lipinski definition) is 0. The normalized spacial score (nSPS) is 15.9. The Hall–Kier alpha value is -1.86. The predicted molar refractivity (Wildman–Crippen MR) is 89.7 cm³/mol. The molecule has 0 saturated carbocycles. The van der Waals surface area contributed by atoms with E-state index in [0.29, 0.717) is 12.5 Å². The van der Waals surface area contributed by atoms with Crippen molar-refractivity contribution in [3.8, 4) is 5.88 Å². The lowest BCUT2D eigenvalue weighted by molar-refractivity contribution is -0.272. The first-order valence-corrected chi connectivity index (χ1v) is 8.42. The second-order valence-corrected chi connectivity index (χ2v) is 5.72. The Morgan fingerprint density at radius 3 is 2.71 bits per heavy atom. The predicted octanol–water partition coefficient (Wildman–Crippen LogP) is 2.64. The van der Waals surface area contributed by atoms with Gasteiger partial charge in [0.1, 0.15) is 0 Å². The summed E-state index contributed by atoms with van der Waals surface area (Å²) in [6, 6.07) is 3.98. The lowest BCUT2D eigenvalue weighted by Crippen LogP contribution is -2.35. The summed E-state index contributed by atoms with van der Waals surface area (Å²) in [5, 5.41) is 0. The fraction of sp³-hybridized carbons (Fsp3) is 0.647. The summed E-state index contributed by atoms with van der Waals surface area (Å²) in [6.45, 7) is 4.91. The Balaban J connectivity index is 1.91. The zero-order valence-corrected chi connectivity index (χ0v) is 14.7. The van der Waals surface area contributed by atoms with Crippen molar-refractivity contribution in [1.82, 2.24) is 14.8 Å². The molecule has 2 amide bonds. The molecule has 1 fully saturated rings. The van der Waals surface area contributed by atoms with Crippen molar-refractivity contribution in [2.24, 2.45) is 0 Å². The molecule has 0 N–H and O–H groups in total. The molecule has 1 atom stereocenters. The highest BCUT2D eigenvalue weighted by Crippen LogP contribution is 2.28. The summed E-state index contributed by atoms with van der Waals surface area (Å²) in [5.41, 5.74) is 1.04. The molecule has 1 unspecified atom stereocenters. The molecule has 1 aromatic rings. The van der Waals surface area contributed by atoms with E-state index < -0.39 is 0 Å². The minimum Gasteiger partial charge on any atom is -0.481 e. The maximum Gasteiger partial charge on any atom is 0.320 e. The standard InChI is InChI=1S/C17H27N3O4/c1-4-15(14-7-8-16(22-2)18-13-14)20-11-10-19(17(20)21)9-5-6-12-24-23-3/h7-8,13,15H,4-6,9-12H2,1-3H3. The molecule has 1 aliphatic heterocycles. The summed E-state index contributed by atoms with van der Waals surface area (Å²) >= 11 is 0. The number of urea groups is 1. The molecule has 7 nitrogen and oxygen atoms in total. The highest BCUT2D eigenvalue weighted by molar-refractivity contribution is 5.77. The smallest absolute Gasteiger partial charge is 0.320 e. The Labute approximate surface area is 143 Å². The minimum atomic E-state index is 0.0535. The molecule has 24 heavy (non-hydrogen) atoms. The SMILES string of the molecule is CCC(c1ccc(OC)nc1)N1CCN(CCCCOOC)C1=O. The maximum absolute atomic E-state index is 12.7. The quantitative estimate of drug-likeness (QED) is 0.373. The van der Waals surface area contributed by atoms with E-state index in [2.05, 4.69) is 16.8 Å². The summed E-state index contributed by atoms with van der Waals surface area (Å²) in [7, 11) is 3.10. The molecule has 0 radical (unpaired) electrons. The number of aromatic nitrogens is 1. The van der Waals surface area contributed by atoms with E-state index in [9.17, 15) is 4.79 Å². The first-order chi connectivity index (χ1) is 11.7. The Bertz CT molecular complexity index is 509. The van der Waals surface area contributed by atoms with Gasteiger partial charge >= 0.3 is 6.03 Å². The Morgan fingerprint density at radius 1 is 1.25 bits per heavy atom. The van der Waals surface area contributed by atoms with Gasteiger partial charge in [0, 0.05) is 31.9 Å². The topological polar surface area (TPSA) is 64.1 Å². The van der Waals surface area contributed by atoms with Crippen LogP contribution in [0.15, 0.2) is 18.3 Å². The monoisotopic (exact) mass is 337 g/mol. The van der Waals surface area contributed by atoms with Crippen LogP contribution in [0.5, 0.6) is 5.88 Å². The molecule has 1 aromatic heterocycles. The second-order valence-electron chi connectivity index (χ2n) is 5.72. The van der Waals surface area contributed by atoms with Crippen LogP contribution in [0.1, 0.15) is 37.8 Å². The van der Waals surface area contributed by atoms with Gasteiger partial charge in [0.2, 0.25) is 5.88 Å². The van der Waals surface area contributed by atoms with Crippen LogP contribution in [0.2, 0.25) is 0 Å². The van der Waals surface area contributed by atoms with Gasteiger partial charge in [0.25, 0.3) is 0 Å². The summed E-state index contributed by atoms with van der Waals surface area (Å²) < 4.78 is 5.10. The number of ether oxygens (including phenoxy) is 1. The fourth-order valence-electron chi connectivity index (χ4n) is 2.99. The number of methoxy groups -OCH3 is 1. The van der Waals surface area contributed by atoms with Gasteiger partial charge in [-0.3, -0.25) is 0 Å². The number of carbonyl (C=O) groups is 1. The lowest BCUT2D eigenvalue weighted by Gasteiger charge is -2.27. The fourth-order valence-corrected chi connectivity index (χ4v) is 2.99. The van der Waals surface area contributed by atoms with Crippen molar-refractivity contribution in [2.45, 2.75) is 32.2 Å². The van der Waals surface area contributed by atoms with Gasteiger partial charge in [-0.25, -0.2) is 19.6 Å². The molecule has 2 rings (SSSR count). The van der Waals surface area contributed by atoms with E-state index in [0.717, 1.165) is 44.5 Å². The zero-order valence-electron chi connectivity index (χ0n) is 14.7. The van der Waals surface area contributed by atoms with Crippen LogP contribution in [-0.4, -0.2) is 61.3 Å². The molecule has 1 aliphatic rings. The first-order valence-electron chi connectivity index (χ1n) is 8.42. The lowest BCUT2D eigenvalue weighted by atomic mass is 10.1. The molecule has 2 heterocycles. The zero-order chi connectivity index (χ0) is 17.4. The van der Waals surface area contributed by atoms with Gasteiger partial charge in [-0.15, -0.1) is 0 Å². The van der Waals surface area contributed by atoms with Crippen LogP contribution < -0.4 is 4.74 Å². The van der Waals surface area contributed by atoms with Crippen LogP contribution in [0.4, 0.5) is 4.79 Å². The van der Waals surface area contributed by atoms with Gasteiger partial charge in [0.05, 0.1) is 26.9 Å².